The lowest BCUT2D eigenvalue weighted by Crippen LogP contribution is -2.26. The maximum absolute atomic E-state index is 12.5. The Morgan fingerprint density at radius 3 is 2.45 bits per heavy atom. The summed E-state index contributed by atoms with van der Waals surface area (Å²) in [5.74, 6) is 0.362. The molecular weight excluding hydrogens is 396 g/mol. The highest BCUT2D eigenvalue weighted by molar-refractivity contribution is 6.06. The Morgan fingerprint density at radius 1 is 1.03 bits per heavy atom. The molecule has 0 spiro atoms. The molecule has 5 N–H and O–H groups in total. The molecule has 0 saturated carbocycles. The van der Waals surface area contributed by atoms with E-state index in [-0.39, 0.29) is 12.5 Å². The Labute approximate surface area is 179 Å². The van der Waals surface area contributed by atoms with Gasteiger partial charge in [0.05, 0.1) is 17.9 Å². The number of nitrogens with zero attached hydrogens (tertiary/aromatic N) is 1. The van der Waals surface area contributed by atoms with Crippen LogP contribution in [0.3, 0.4) is 0 Å². The number of carbonyl (C=O) groups is 2. The predicted molar refractivity (Wildman–Crippen MR) is 119 cm³/mol. The van der Waals surface area contributed by atoms with E-state index in [9.17, 15) is 9.59 Å². The third-order valence-corrected chi connectivity index (χ3v) is 4.84. The monoisotopic (exact) mass is 418 g/mol. The molecule has 0 radical (unpaired) electrons. The number of carbonyl (C=O) groups excluding carboxylic acids is 2. The highest BCUT2D eigenvalue weighted by Gasteiger charge is 2.32. The summed E-state index contributed by atoms with van der Waals surface area (Å²) in [5.41, 5.74) is 14.3. The minimum atomic E-state index is -0.458. The van der Waals surface area contributed by atoms with Crippen LogP contribution in [0.2, 0.25) is 0 Å². The van der Waals surface area contributed by atoms with Gasteiger partial charge in [-0.15, -0.1) is 0 Å². The quantitative estimate of drug-likeness (QED) is 0.527. The van der Waals surface area contributed by atoms with Crippen molar-refractivity contribution >= 4 is 34.7 Å². The molecule has 0 aromatic heterocycles. The predicted octanol–water partition coefficient (Wildman–Crippen LogP) is 3.51. The van der Waals surface area contributed by atoms with Gasteiger partial charge in [-0.3, -0.25) is 9.69 Å². The molecule has 1 fully saturated rings. The van der Waals surface area contributed by atoms with Crippen molar-refractivity contribution in [3.63, 3.8) is 0 Å². The number of nitrogens with two attached hydrogens (primary N) is 2. The molecule has 1 unspecified atom stereocenters. The van der Waals surface area contributed by atoms with Gasteiger partial charge in [-0.1, -0.05) is 12.1 Å². The number of anilines is 4. The molecule has 2 amide bonds. The van der Waals surface area contributed by atoms with Gasteiger partial charge in [-0.2, -0.15) is 0 Å². The van der Waals surface area contributed by atoms with E-state index in [1.165, 1.54) is 4.90 Å². The summed E-state index contributed by atoms with van der Waals surface area (Å²) >= 11 is 0. The molecule has 4 rings (SSSR count). The molecule has 31 heavy (non-hydrogen) atoms. The summed E-state index contributed by atoms with van der Waals surface area (Å²) in [7, 11) is 0. The fourth-order valence-corrected chi connectivity index (χ4v) is 3.17. The van der Waals surface area contributed by atoms with Crippen LogP contribution in [0, 0.1) is 0 Å². The van der Waals surface area contributed by atoms with Gasteiger partial charge in [0.2, 0.25) is 0 Å². The van der Waals surface area contributed by atoms with Crippen LogP contribution in [-0.4, -0.2) is 31.3 Å². The van der Waals surface area contributed by atoms with Crippen molar-refractivity contribution < 1.29 is 19.1 Å². The van der Waals surface area contributed by atoms with Gasteiger partial charge >= 0.3 is 6.09 Å². The molecule has 0 aliphatic carbocycles. The zero-order valence-electron chi connectivity index (χ0n) is 16.7. The van der Waals surface area contributed by atoms with E-state index in [4.69, 9.17) is 20.9 Å². The van der Waals surface area contributed by atoms with E-state index in [0.29, 0.717) is 40.6 Å². The molecule has 158 valence electrons. The minimum Gasteiger partial charge on any atom is -0.490 e. The SMILES string of the molecule is Nc1ccc(OCC2CN(c3ccc(C(=O)Nc4ccccc4N)cc3)C(=O)O2)cc1. The lowest BCUT2D eigenvalue weighted by atomic mass is 10.1. The zero-order chi connectivity index (χ0) is 21.8. The Hall–Kier alpha value is -4.20. The average Bonchev–Trinajstić information content (AvgIpc) is 3.15. The first-order valence-corrected chi connectivity index (χ1v) is 9.72. The molecule has 3 aromatic rings. The number of hydrogen-bond acceptors (Lipinski definition) is 6. The topological polar surface area (TPSA) is 120 Å². The second-order valence-corrected chi connectivity index (χ2v) is 7.08. The van der Waals surface area contributed by atoms with Crippen molar-refractivity contribution in [1.82, 2.24) is 0 Å². The lowest BCUT2D eigenvalue weighted by Gasteiger charge is -2.14. The van der Waals surface area contributed by atoms with Gasteiger partial charge in [0.1, 0.15) is 12.4 Å². The molecule has 1 heterocycles. The van der Waals surface area contributed by atoms with Crippen molar-refractivity contribution in [2.24, 2.45) is 0 Å². The summed E-state index contributed by atoms with van der Waals surface area (Å²) < 4.78 is 11.1. The van der Waals surface area contributed by atoms with Gasteiger partial charge < -0.3 is 26.3 Å². The Balaban J connectivity index is 1.36. The Kier molecular flexibility index (Phi) is 5.61. The zero-order valence-corrected chi connectivity index (χ0v) is 16.7. The van der Waals surface area contributed by atoms with E-state index in [1.807, 2.05) is 0 Å². The molecule has 3 aromatic carbocycles. The molecule has 1 saturated heterocycles. The summed E-state index contributed by atoms with van der Waals surface area (Å²) in [4.78, 5) is 26.2. The smallest absolute Gasteiger partial charge is 0.414 e. The van der Waals surface area contributed by atoms with Crippen molar-refractivity contribution in [2.45, 2.75) is 6.10 Å². The highest BCUT2D eigenvalue weighted by Crippen LogP contribution is 2.24. The first-order valence-electron chi connectivity index (χ1n) is 9.72. The van der Waals surface area contributed by atoms with Crippen LogP contribution in [0.1, 0.15) is 10.4 Å². The van der Waals surface area contributed by atoms with Gasteiger partial charge in [-0.25, -0.2) is 4.79 Å². The third-order valence-electron chi connectivity index (χ3n) is 4.84. The molecular formula is C23H22N4O4. The second kappa shape index (κ2) is 8.66. The van der Waals surface area contributed by atoms with Gasteiger partial charge in [0.15, 0.2) is 6.10 Å². The normalized spacial score (nSPS) is 15.4. The van der Waals surface area contributed by atoms with Crippen LogP contribution >= 0.6 is 0 Å². The summed E-state index contributed by atoms with van der Waals surface area (Å²) in [6.45, 7) is 0.574. The third kappa shape index (κ3) is 4.69. The largest absolute Gasteiger partial charge is 0.490 e. The van der Waals surface area contributed by atoms with Crippen molar-refractivity contribution in [1.29, 1.82) is 0 Å². The van der Waals surface area contributed by atoms with Crippen LogP contribution in [0.15, 0.2) is 72.8 Å². The van der Waals surface area contributed by atoms with Crippen LogP contribution in [-0.2, 0) is 4.74 Å². The number of rotatable bonds is 6. The van der Waals surface area contributed by atoms with Crippen molar-refractivity contribution in [3.8, 4) is 5.75 Å². The molecule has 1 aliphatic rings. The number of para-hydroxylation sites is 2. The number of amides is 2. The number of cyclic esters (lactones) is 1. The number of nitrogens with one attached hydrogen (secondary N) is 1. The Bertz CT molecular complexity index is 1080. The number of nitrogen functional groups attached to an aromatic ring is 2. The second-order valence-electron chi connectivity index (χ2n) is 7.08. The Morgan fingerprint density at radius 2 is 1.74 bits per heavy atom. The minimum absolute atomic E-state index is 0.227. The summed E-state index contributed by atoms with van der Waals surface area (Å²) in [6.07, 6.45) is -0.866. The van der Waals surface area contributed by atoms with Crippen molar-refractivity contribution in [2.75, 3.05) is 34.8 Å². The summed E-state index contributed by atoms with van der Waals surface area (Å²) in [5, 5.41) is 2.77. The fourth-order valence-electron chi connectivity index (χ4n) is 3.17. The van der Waals surface area contributed by atoms with Gasteiger partial charge in [-0.05, 0) is 60.7 Å². The van der Waals surface area contributed by atoms with E-state index < -0.39 is 12.2 Å². The molecule has 8 heteroatoms. The van der Waals surface area contributed by atoms with E-state index in [2.05, 4.69) is 5.32 Å². The van der Waals surface area contributed by atoms with Crippen LogP contribution < -0.4 is 26.4 Å². The van der Waals surface area contributed by atoms with Crippen LogP contribution in [0.4, 0.5) is 27.5 Å². The van der Waals surface area contributed by atoms with E-state index >= 15 is 0 Å². The number of ether oxygens (including phenoxy) is 2. The molecule has 0 bridgehead atoms. The number of hydrogen-bond donors (Lipinski definition) is 3. The first kappa shape index (κ1) is 20.1. The maximum Gasteiger partial charge on any atom is 0.414 e. The summed E-state index contributed by atoms with van der Waals surface area (Å²) in [6, 6.07) is 20.7. The number of benzene rings is 3. The lowest BCUT2D eigenvalue weighted by molar-refractivity contribution is 0.102. The fraction of sp³-hybridized carbons (Fsp3) is 0.130. The highest BCUT2D eigenvalue weighted by atomic mass is 16.6. The van der Waals surface area contributed by atoms with E-state index in [1.54, 1.807) is 72.8 Å². The van der Waals surface area contributed by atoms with Gasteiger partial charge in [0.25, 0.3) is 5.91 Å². The van der Waals surface area contributed by atoms with Gasteiger partial charge in [0, 0.05) is 16.9 Å². The van der Waals surface area contributed by atoms with Crippen LogP contribution in [0.5, 0.6) is 5.75 Å². The molecule has 1 aliphatic heterocycles. The maximum atomic E-state index is 12.5. The molecule has 8 nitrogen and oxygen atoms in total. The van der Waals surface area contributed by atoms with Crippen molar-refractivity contribution in [3.05, 3.63) is 78.4 Å². The molecule has 1 atom stereocenters. The van der Waals surface area contributed by atoms with Crippen LogP contribution in [0.25, 0.3) is 0 Å². The first-order chi connectivity index (χ1) is 15.0. The average molecular weight is 418 g/mol. The standard InChI is InChI=1S/C23H22N4O4/c24-16-7-11-18(12-8-16)30-14-19-13-27(23(29)31-19)17-9-5-15(6-10-17)22(28)26-21-4-2-1-3-20(21)25/h1-12,19H,13-14,24-25H2,(H,26,28). The van der Waals surface area contributed by atoms with E-state index in [0.717, 1.165) is 0 Å².